The number of ether oxygens (including phenoxy) is 7. The van der Waals surface area contributed by atoms with Crippen LogP contribution in [-0.4, -0.2) is 122 Å². The second-order valence-electron chi connectivity index (χ2n) is 19.9. The highest BCUT2D eigenvalue weighted by Crippen LogP contribution is 2.72. The van der Waals surface area contributed by atoms with Crippen LogP contribution < -0.4 is 0 Å². The van der Waals surface area contributed by atoms with Crippen molar-refractivity contribution >= 4 is 26.8 Å². The Bertz CT molecular complexity index is 1470. The summed E-state index contributed by atoms with van der Waals surface area (Å²) in [5.41, 5.74) is -1.42. The molecule has 0 aromatic rings. The molecule has 314 valence electrons. The Kier molecular flexibility index (Phi) is 12.8. The summed E-state index contributed by atoms with van der Waals surface area (Å²) in [6, 6.07) is 0. The SMILES string of the molecule is COCO[C@H]1[C@H](OCOC)[C@@]2(CO[Si](C)(C)C(C)(C)C)OC[C@]3(C(OS(C)(=O)=O)C=C4[C@H](C)C5(CC[C@]4(C)[C@@H]13)OCCO5)[C@H]2CCO[Si](C)(C)C(C)(C)C. The average Bonchev–Trinajstić information content (AvgIpc) is 3.62. The lowest BCUT2D eigenvalue weighted by molar-refractivity contribution is -0.289. The Morgan fingerprint density at radius 2 is 1.44 bits per heavy atom. The first-order valence-corrected chi connectivity index (χ1v) is 27.4. The van der Waals surface area contributed by atoms with Gasteiger partial charge in [-0.05, 0) is 54.5 Å². The van der Waals surface area contributed by atoms with E-state index in [1.165, 1.54) is 0 Å². The zero-order valence-corrected chi connectivity index (χ0v) is 38.7. The molecule has 0 aromatic heterocycles. The third-order valence-electron chi connectivity index (χ3n) is 14.8. The predicted octanol–water partition coefficient (Wildman–Crippen LogP) is 6.86. The molecule has 2 saturated carbocycles. The van der Waals surface area contributed by atoms with E-state index >= 15 is 0 Å². The molecule has 2 heterocycles. The van der Waals surface area contributed by atoms with Crippen molar-refractivity contribution in [1.29, 1.82) is 0 Å². The highest BCUT2D eigenvalue weighted by molar-refractivity contribution is 7.86. The Morgan fingerprint density at radius 1 is 0.870 bits per heavy atom. The molecule has 0 radical (unpaired) electrons. The Hall–Kier alpha value is -0.276. The quantitative estimate of drug-likeness (QED) is 0.0742. The van der Waals surface area contributed by atoms with Crippen LogP contribution in [0, 0.1) is 28.6 Å². The summed E-state index contributed by atoms with van der Waals surface area (Å²) in [4.78, 5) is 0. The summed E-state index contributed by atoms with van der Waals surface area (Å²) in [5, 5.41) is -0.0813. The molecule has 2 bridgehead atoms. The van der Waals surface area contributed by atoms with E-state index in [1.54, 1.807) is 14.2 Å². The van der Waals surface area contributed by atoms with E-state index < -0.39 is 67.3 Å². The second kappa shape index (κ2) is 15.4. The minimum atomic E-state index is -3.96. The van der Waals surface area contributed by atoms with Gasteiger partial charge in [-0.3, -0.25) is 4.18 Å². The first-order chi connectivity index (χ1) is 24.8. The molecule has 0 aromatic carbocycles. The van der Waals surface area contributed by atoms with Crippen molar-refractivity contribution in [2.75, 3.05) is 67.1 Å². The topological polar surface area (TPSA) is 126 Å². The van der Waals surface area contributed by atoms with Gasteiger partial charge in [0.2, 0.25) is 0 Å². The fourth-order valence-electron chi connectivity index (χ4n) is 9.96. The third kappa shape index (κ3) is 7.67. The predicted molar refractivity (Wildman–Crippen MR) is 211 cm³/mol. The molecule has 5 rings (SSSR count). The monoisotopic (exact) mass is 820 g/mol. The summed E-state index contributed by atoms with van der Waals surface area (Å²) in [6.45, 7) is 28.7. The van der Waals surface area contributed by atoms with Gasteiger partial charge in [-0.1, -0.05) is 67.0 Å². The Labute approximate surface area is 328 Å². The largest absolute Gasteiger partial charge is 0.417 e. The van der Waals surface area contributed by atoms with Crippen LogP contribution >= 0.6 is 0 Å². The summed E-state index contributed by atoms with van der Waals surface area (Å²) in [6.07, 6.45) is 2.99. The minimum Gasteiger partial charge on any atom is -0.417 e. The Balaban J connectivity index is 1.78. The van der Waals surface area contributed by atoms with Crippen LogP contribution in [0.15, 0.2) is 11.6 Å². The third-order valence-corrected chi connectivity index (χ3v) is 24.4. The van der Waals surface area contributed by atoms with Crippen molar-refractivity contribution < 1.29 is 54.6 Å². The van der Waals surface area contributed by atoms with Gasteiger partial charge in [-0.25, -0.2) is 0 Å². The van der Waals surface area contributed by atoms with Crippen molar-refractivity contribution in [3.8, 4) is 0 Å². The first kappa shape index (κ1) is 44.8. The van der Waals surface area contributed by atoms with Gasteiger partial charge in [0.05, 0.1) is 38.8 Å². The van der Waals surface area contributed by atoms with Crippen LogP contribution in [-0.2, 0) is 56.3 Å². The molecule has 2 spiro atoms. The molecule has 54 heavy (non-hydrogen) atoms. The van der Waals surface area contributed by atoms with Crippen LogP contribution in [0.2, 0.25) is 36.3 Å². The normalized spacial score (nSPS) is 37.0. The van der Waals surface area contributed by atoms with E-state index in [4.69, 9.17) is 46.2 Å². The van der Waals surface area contributed by atoms with E-state index in [1.807, 2.05) is 0 Å². The van der Waals surface area contributed by atoms with E-state index in [2.05, 4.69) is 87.7 Å². The van der Waals surface area contributed by atoms with Crippen molar-refractivity contribution in [2.45, 2.75) is 141 Å². The maximum absolute atomic E-state index is 13.4. The average molecular weight is 821 g/mol. The first-order valence-electron chi connectivity index (χ1n) is 19.8. The molecule has 12 nitrogen and oxygen atoms in total. The van der Waals surface area contributed by atoms with Gasteiger partial charge in [0.15, 0.2) is 22.4 Å². The van der Waals surface area contributed by atoms with Gasteiger partial charge < -0.3 is 42.0 Å². The Morgan fingerprint density at radius 3 is 2.00 bits per heavy atom. The molecule has 9 atom stereocenters. The number of hydrogen-bond donors (Lipinski definition) is 0. The fraction of sp³-hybridized carbons (Fsp3) is 0.949. The standard InChI is InChI=1S/C39H72O12SSi2/c1-27-28-22-30(51-52(11,40)41)37-23-48-38(24-50-54(14,15)35(5,6)7,29(37)16-19-49-53(12,13)34(2,3)4)33(45-26-43-10)31(44-25-42-9)32(37)36(28,8)17-18-39(27)46-20-21-47-39/h22,27,29-33H,16-21,23-26H2,1-15H3/t27-,29+,30?,31+,32+,33-,36-,37+,38-/m0/s1. The maximum Gasteiger partial charge on any atom is 0.264 e. The second-order valence-corrected chi connectivity index (χ2v) is 31.1. The zero-order chi connectivity index (χ0) is 40.4. The summed E-state index contributed by atoms with van der Waals surface area (Å²) in [7, 11) is -5.27. The van der Waals surface area contributed by atoms with Crippen LogP contribution in [0.4, 0.5) is 0 Å². The number of fused-ring (bicyclic) bond motifs is 3. The molecule has 3 aliphatic carbocycles. The van der Waals surface area contributed by atoms with Crippen LogP contribution in [0.3, 0.4) is 0 Å². The molecule has 4 fully saturated rings. The van der Waals surface area contributed by atoms with Gasteiger partial charge in [-0.2, -0.15) is 8.42 Å². The number of methoxy groups -OCH3 is 2. The van der Waals surface area contributed by atoms with Gasteiger partial charge in [0.1, 0.15) is 31.4 Å². The number of hydrogen-bond acceptors (Lipinski definition) is 12. The summed E-state index contributed by atoms with van der Waals surface area (Å²) < 4.78 is 92.2. The molecule has 1 unspecified atom stereocenters. The molecule has 0 N–H and O–H groups in total. The fourth-order valence-corrected chi connectivity index (χ4v) is 12.7. The molecular weight excluding hydrogens is 749 g/mol. The smallest absolute Gasteiger partial charge is 0.264 e. The lowest BCUT2D eigenvalue weighted by atomic mass is 9.40. The lowest BCUT2D eigenvalue weighted by Crippen LogP contribution is -2.74. The summed E-state index contributed by atoms with van der Waals surface area (Å²) >= 11 is 0. The van der Waals surface area contributed by atoms with Crippen LogP contribution in [0.1, 0.15) is 74.7 Å². The highest BCUT2D eigenvalue weighted by atomic mass is 32.2. The molecule has 5 aliphatic rings. The van der Waals surface area contributed by atoms with Gasteiger partial charge in [0.25, 0.3) is 10.1 Å². The zero-order valence-electron chi connectivity index (χ0n) is 35.9. The molecule has 2 saturated heterocycles. The molecule has 2 aliphatic heterocycles. The van der Waals surface area contributed by atoms with Gasteiger partial charge >= 0.3 is 0 Å². The maximum atomic E-state index is 13.4. The highest BCUT2D eigenvalue weighted by Gasteiger charge is 2.79. The van der Waals surface area contributed by atoms with E-state index in [0.717, 1.165) is 11.8 Å². The van der Waals surface area contributed by atoms with Crippen molar-refractivity contribution in [3.05, 3.63) is 11.6 Å². The van der Waals surface area contributed by atoms with Crippen molar-refractivity contribution in [1.82, 2.24) is 0 Å². The van der Waals surface area contributed by atoms with Gasteiger partial charge in [-0.15, -0.1) is 0 Å². The molecule has 0 amide bonds. The summed E-state index contributed by atoms with van der Waals surface area (Å²) in [5.74, 6) is -1.63. The molecular formula is C39H72O12SSi2. The van der Waals surface area contributed by atoms with Crippen molar-refractivity contribution in [3.63, 3.8) is 0 Å². The lowest BCUT2D eigenvalue weighted by Gasteiger charge is -2.66. The van der Waals surface area contributed by atoms with E-state index in [9.17, 15) is 8.42 Å². The number of rotatable bonds is 15. The molecule has 15 heteroatoms. The van der Waals surface area contributed by atoms with E-state index in [0.29, 0.717) is 39.1 Å². The van der Waals surface area contributed by atoms with E-state index in [-0.39, 0.29) is 54.6 Å². The minimum absolute atomic E-state index is 0.000504. The van der Waals surface area contributed by atoms with Crippen molar-refractivity contribution in [2.24, 2.45) is 28.6 Å². The van der Waals surface area contributed by atoms with Crippen LogP contribution in [0.5, 0.6) is 0 Å². The van der Waals surface area contributed by atoms with Crippen LogP contribution in [0.25, 0.3) is 0 Å². The van der Waals surface area contributed by atoms with Gasteiger partial charge in [0, 0.05) is 50.4 Å².